The molecular weight excluding hydrogens is 130 g/mol. The SMILES string of the molecule is CN=C(N)NC(=NC)[N-]C. The lowest BCUT2D eigenvalue weighted by atomic mass is 10.8. The van der Waals surface area contributed by atoms with Crippen LogP contribution in [0.2, 0.25) is 0 Å². The average molecular weight is 142 g/mol. The van der Waals surface area contributed by atoms with Crippen LogP contribution in [0.4, 0.5) is 0 Å². The minimum Gasteiger partial charge on any atom is -0.397 e. The van der Waals surface area contributed by atoms with Crippen LogP contribution in [-0.2, 0) is 0 Å². The van der Waals surface area contributed by atoms with E-state index in [2.05, 4.69) is 20.6 Å². The van der Waals surface area contributed by atoms with E-state index < -0.39 is 0 Å². The molecule has 0 aliphatic rings. The predicted octanol–water partition coefficient (Wildman–Crippen LogP) is -0.490. The zero-order valence-corrected chi connectivity index (χ0v) is 6.42. The molecule has 10 heavy (non-hydrogen) atoms. The quantitative estimate of drug-likeness (QED) is 0.353. The molecule has 0 aliphatic carbocycles. The van der Waals surface area contributed by atoms with E-state index in [1.807, 2.05) is 0 Å². The van der Waals surface area contributed by atoms with Crippen LogP contribution >= 0.6 is 0 Å². The van der Waals surface area contributed by atoms with E-state index in [0.717, 1.165) is 0 Å². The zero-order valence-electron chi connectivity index (χ0n) is 6.42. The highest BCUT2D eigenvalue weighted by atomic mass is 15.2. The van der Waals surface area contributed by atoms with Gasteiger partial charge in [0.05, 0.1) is 0 Å². The molecule has 0 amide bonds. The lowest BCUT2D eigenvalue weighted by Gasteiger charge is -2.14. The normalized spacial score (nSPS) is 13.1. The van der Waals surface area contributed by atoms with Crippen molar-refractivity contribution in [2.75, 3.05) is 21.1 Å². The van der Waals surface area contributed by atoms with Crippen LogP contribution in [-0.4, -0.2) is 33.1 Å². The van der Waals surface area contributed by atoms with E-state index in [4.69, 9.17) is 5.73 Å². The predicted molar refractivity (Wildman–Crippen MR) is 43.3 cm³/mol. The van der Waals surface area contributed by atoms with Crippen LogP contribution in [0.25, 0.3) is 5.32 Å². The summed E-state index contributed by atoms with van der Waals surface area (Å²) in [5, 5.41) is 6.45. The molecule has 0 aromatic rings. The smallest absolute Gasteiger partial charge is 0.133 e. The van der Waals surface area contributed by atoms with Gasteiger partial charge in [-0.15, -0.1) is 0 Å². The maximum atomic E-state index is 5.32. The Balaban J connectivity index is 3.88. The third kappa shape index (κ3) is 2.91. The topological polar surface area (TPSA) is 76.9 Å². The first-order valence-electron chi connectivity index (χ1n) is 2.80. The van der Waals surface area contributed by atoms with Gasteiger partial charge in [0.15, 0.2) is 0 Å². The Morgan fingerprint density at radius 3 is 2.30 bits per heavy atom. The number of hydrogen-bond donors (Lipinski definition) is 2. The molecule has 5 nitrogen and oxygen atoms in total. The van der Waals surface area contributed by atoms with Crippen LogP contribution in [0.15, 0.2) is 9.98 Å². The molecule has 0 radical (unpaired) electrons. The maximum Gasteiger partial charge on any atom is 0.133 e. The van der Waals surface area contributed by atoms with Gasteiger partial charge in [-0.2, -0.15) is 0 Å². The molecule has 0 bridgehead atoms. The molecule has 0 aromatic heterocycles. The third-order valence-electron chi connectivity index (χ3n) is 0.904. The molecule has 0 aromatic carbocycles. The van der Waals surface area contributed by atoms with Crippen LogP contribution in [0, 0.1) is 0 Å². The first-order valence-corrected chi connectivity index (χ1v) is 2.80. The van der Waals surface area contributed by atoms with Crippen molar-refractivity contribution in [1.82, 2.24) is 5.32 Å². The number of nitrogens with two attached hydrogens (primary N) is 1. The fraction of sp³-hybridized carbons (Fsp3) is 0.600. The van der Waals surface area contributed by atoms with Crippen LogP contribution < -0.4 is 11.1 Å². The Labute approximate surface area is 60.4 Å². The highest BCUT2D eigenvalue weighted by Gasteiger charge is 1.82. The van der Waals surface area contributed by atoms with Gasteiger partial charge in [0, 0.05) is 13.0 Å². The van der Waals surface area contributed by atoms with Gasteiger partial charge in [-0.3, -0.25) is 4.99 Å². The van der Waals surface area contributed by atoms with Crippen LogP contribution in [0.5, 0.6) is 0 Å². The van der Waals surface area contributed by atoms with Gasteiger partial charge < -0.3 is 21.4 Å². The molecule has 0 spiro atoms. The van der Waals surface area contributed by atoms with Crippen molar-refractivity contribution in [3.63, 3.8) is 0 Å². The summed E-state index contributed by atoms with van der Waals surface area (Å²) in [6, 6.07) is 0. The number of rotatable bonds is 0. The molecule has 0 aliphatic heterocycles. The number of nitrogens with zero attached hydrogens (tertiary/aromatic N) is 3. The Hall–Kier alpha value is -1.26. The summed E-state index contributed by atoms with van der Waals surface area (Å²) in [6.07, 6.45) is 0. The van der Waals surface area contributed by atoms with E-state index in [0.29, 0.717) is 11.9 Å². The number of guanidine groups is 2. The second kappa shape index (κ2) is 4.60. The van der Waals surface area contributed by atoms with Gasteiger partial charge in [-0.25, -0.2) is 0 Å². The minimum atomic E-state index is 0.311. The van der Waals surface area contributed by atoms with Gasteiger partial charge in [0.25, 0.3) is 0 Å². The van der Waals surface area contributed by atoms with Gasteiger partial charge in [-0.05, 0) is 14.1 Å². The number of hydrogen-bond acceptors (Lipinski definition) is 2. The summed E-state index contributed by atoms with van der Waals surface area (Å²) < 4.78 is 0. The van der Waals surface area contributed by atoms with E-state index >= 15 is 0 Å². The molecule has 0 saturated carbocycles. The summed E-state index contributed by atoms with van der Waals surface area (Å²) in [5.41, 5.74) is 5.32. The molecular formula is C5H12N5-. The largest absolute Gasteiger partial charge is 0.397 e. The Morgan fingerprint density at radius 1 is 1.40 bits per heavy atom. The number of nitrogens with one attached hydrogen (secondary N) is 1. The van der Waals surface area contributed by atoms with Gasteiger partial charge >= 0.3 is 0 Å². The van der Waals surface area contributed by atoms with Crippen molar-refractivity contribution in [2.45, 2.75) is 0 Å². The summed E-state index contributed by atoms with van der Waals surface area (Å²) in [6.45, 7) is 0. The highest BCUT2D eigenvalue weighted by Crippen LogP contribution is 1.79. The number of aliphatic imine (C=N–C) groups is 2. The van der Waals surface area contributed by atoms with Gasteiger partial charge in [-0.1, -0.05) is 0 Å². The van der Waals surface area contributed by atoms with Crippen LogP contribution in [0.3, 0.4) is 0 Å². The molecule has 0 rings (SSSR count). The van der Waals surface area contributed by atoms with E-state index in [9.17, 15) is 0 Å². The molecule has 0 fully saturated rings. The van der Waals surface area contributed by atoms with Crippen molar-refractivity contribution < 1.29 is 0 Å². The first kappa shape index (κ1) is 8.74. The minimum absolute atomic E-state index is 0.311. The summed E-state index contributed by atoms with van der Waals surface area (Å²) in [7, 11) is 4.84. The standard InChI is InChI=1S/C5H12N5/c1-7-4(6)10-5(8-2)9-3/h1-3H3,(H3-,6,7,8,9,10)/q-1. The molecule has 0 unspecified atom stereocenters. The first-order chi connectivity index (χ1) is 4.74. The Bertz CT molecular complexity index is 148. The fourth-order valence-corrected chi connectivity index (χ4v) is 0.382. The average Bonchev–Trinajstić information content (AvgIpc) is 1.99. The molecule has 58 valence electrons. The molecule has 0 heterocycles. The summed E-state index contributed by atoms with van der Waals surface area (Å²) in [5.74, 6) is 0.786. The van der Waals surface area contributed by atoms with Crippen molar-refractivity contribution in [3.05, 3.63) is 5.32 Å². The Kier molecular flexibility index (Phi) is 4.02. The zero-order chi connectivity index (χ0) is 7.98. The lowest BCUT2D eigenvalue weighted by Crippen LogP contribution is -2.35. The van der Waals surface area contributed by atoms with Crippen molar-refractivity contribution in [1.29, 1.82) is 0 Å². The van der Waals surface area contributed by atoms with Gasteiger partial charge in [0.2, 0.25) is 0 Å². The second-order valence-corrected chi connectivity index (χ2v) is 1.50. The monoisotopic (exact) mass is 142 g/mol. The molecule has 3 N–H and O–H groups in total. The third-order valence-corrected chi connectivity index (χ3v) is 0.904. The lowest BCUT2D eigenvalue weighted by molar-refractivity contribution is 1.22. The second-order valence-electron chi connectivity index (χ2n) is 1.50. The van der Waals surface area contributed by atoms with Crippen molar-refractivity contribution >= 4 is 11.9 Å². The van der Waals surface area contributed by atoms with Crippen molar-refractivity contribution in [2.24, 2.45) is 15.7 Å². The van der Waals surface area contributed by atoms with Crippen LogP contribution in [0.1, 0.15) is 0 Å². The fourth-order valence-electron chi connectivity index (χ4n) is 0.382. The molecule has 5 heteroatoms. The maximum absolute atomic E-state index is 5.32. The van der Waals surface area contributed by atoms with Gasteiger partial charge in [0.1, 0.15) is 5.96 Å². The van der Waals surface area contributed by atoms with E-state index in [1.165, 1.54) is 0 Å². The summed E-state index contributed by atoms with van der Waals surface area (Å²) in [4.78, 5) is 7.44. The van der Waals surface area contributed by atoms with E-state index in [1.54, 1.807) is 21.1 Å². The highest BCUT2D eigenvalue weighted by molar-refractivity contribution is 6.04. The van der Waals surface area contributed by atoms with Crippen molar-refractivity contribution in [3.8, 4) is 0 Å². The summed E-state index contributed by atoms with van der Waals surface area (Å²) >= 11 is 0. The molecule has 0 atom stereocenters. The Morgan fingerprint density at radius 2 is 2.00 bits per heavy atom. The van der Waals surface area contributed by atoms with E-state index in [-0.39, 0.29) is 0 Å². The molecule has 0 saturated heterocycles.